The first-order chi connectivity index (χ1) is 14.4. The van der Waals surface area contributed by atoms with E-state index in [0.29, 0.717) is 12.2 Å². The number of anilines is 1. The maximum Gasteiger partial charge on any atom is 0.416 e. The quantitative estimate of drug-likeness (QED) is 0.490. The third kappa shape index (κ3) is 5.75. The van der Waals surface area contributed by atoms with Crippen molar-refractivity contribution in [3.8, 4) is 11.5 Å². The van der Waals surface area contributed by atoms with Gasteiger partial charge in [-0.2, -0.15) is 13.2 Å². The van der Waals surface area contributed by atoms with Crippen LogP contribution in [0, 0.1) is 0 Å². The Morgan fingerprint density at radius 3 is 2.30 bits per heavy atom. The lowest BCUT2D eigenvalue weighted by atomic mass is 10.0. The van der Waals surface area contributed by atoms with Crippen molar-refractivity contribution in [2.24, 2.45) is 0 Å². The summed E-state index contributed by atoms with van der Waals surface area (Å²) in [5, 5.41) is 21.3. The Morgan fingerprint density at radius 1 is 0.900 bits per heavy atom. The Labute approximate surface area is 172 Å². The highest BCUT2D eigenvalue weighted by atomic mass is 19.4. The molecule has 30 heavy (non-hydrogen) atoms. The summed E-state index contributed by atoms with van der Waals surface area (Å²) in [6.45, 7) is -0.637. The van der Waals surface area contributed by atoms with Gasteiger partial charge in [0.25, 0.3) is 0 Å². The van der Waals surface area contributed by atoms with E-state index < -0.39 is 24.5 Å². The summed E-state index contributed by atoms with van der Waals surface area (Å²) in [4.78, 5) is 0. The zero-order valence-corrected chi connectivity index (χ0v) is 16.1. The van der Waals surface area contributed by atoms with Crippen molar-refractivity contribution in [2.45, 2.75) is 18.7 Å². The number of rotatable bonds is 8. The monoisotopic (exact) mass is 417 g/mol. The zero-order valence-electron chi connectivity index (χ0n) is 16.1. The third-order valence-corrected chi connectivity index (χ3v) is 4.48. The van der Waals surface area contributed by atoms with Crippen LogP contribution in [0.3, 0.4) is 0 Å². The number of alkyl halides is 3. The van der Waals surface area contributed by atoms with Gasteiger partial charge in [0.15, 0.2) is 5.75 Å². The number of aliphatic hydroxyl groups excluding tert-OH is 2. The van der Waals surface area contributed by atoms with Gasteiger partial charge in [-0.3, -0.25) is 0 Å². The topological polar surface area (TPSA) is 61.7 Å². The van der Waals surface area contributed by atoms with Gasteiger partial charge in [0.05, 0.1) is 24.0 Å². The lowest BCUT2D eigenvalue weighted by molar-refractivity contribution is -0.137. The molecular formula is C23H22F3NO3. The van der Waals surface area contributed by atoms with Crippen molar-refractivity contribution < 1.29 is 28.1 Å². The molecule has 1 unspecified atom stereocenters. The predicted molar refractivity (Wildman–Crippen MR) is 109 cm³/mol. The molecule has 0 saturated heterocycles. The Kier molecular flexibility index (Phi) is 6.97. The van der Waals surface area contributed by atoms with E-state index in [9.17, 15) is 18.3 Å². The van der Waals surface area contributed by atoms with Gasteiger partial charge in [0.1, 0.15) is 5.75 Å². The second-order valence-corrected chi connectivity index (χ2v) is 6.80. The summed E-state index contributed by atoms with van der Waals surface area (Å²) < 4.78 is 45.4. The minimum atomic E-state index is -4.52. The van der Waals surface area contributed by atoms with E-state index in [1.807, 2.05) is 42.5 Å². The SMILES string of the molecule is OCC(O)CNc1cc(C(F)(F)F)ccc1Oc1ccccc1Cc1ccccc1. The molecule has 4 nitrogen and oxygen atoms in total. The van der Waals surface area contributed by atoms with Crippen molar-refractivity contribution in [3.05, 3.63) is 89.5 Å². The Morgan fingerprint density at radius 2 is 1.60 bits per heavy atom. The van der Waals surface area contributed by atoms with Crippen molar-refractivity contribution >= 4 is 5.69 Å². The van der Waals surface area contributed by atoms with E-state index in [2.05, 4.69) is 5.32 Å². The van der Waals surface area contributed by atoms with Crippen LogP contribution in [0.2, 0.25) is 0 Å². The molecule has 7 heteroatoms. The molecule has 0 saturated carbocycles. The normalized spacial score (nSPS) is 12.4. The molecule has 3 aromatic rings. The first-order valence-corrected chi connectivity index (χ1v) is 9.40. The molecule has 158 valence electrons. The average Bonchev–Trinajstić information content (AvgIpc) is 2.74. The van der Waals surface area contributed by atoms with E-state index in [4.69, 9.17) is 9.84 Å². The van der Waals surface area contributed by atoms with Gasteiger partial charge in [-0.25, -0.2) is 0 Å². The van der Waals surface area contributed by atoms with Crippen LogP contribution in [0.4, 0.5) is 18.9 Å². The maximum absolute atomic E-state index is 13.1. The summed E-state index contributed by atoms with van der Waals surface area (Å²) in [5.41, 5.74) is 1.19. The second kappa shape index (κ2) is 9.65. The lowest BCUT2D eigenvalue weighted by Gasteiger charge is -2.18. The van der Waals surface area contributed by atoms with Crippen LogP contribution in [0.1, 0.15) is 16.7 Å². The Bertz CT molecular complexity index is 961. The molecule has 0 bridgehead atoms. The van der Waals surface area contributed by atoms with Crippen LogP contribution >= 0.6 is 0 Å². The smallest absolute Gasteiger partial charge is 0.416 e. The van der Waals surface area contributed by atoms with Crippen LogP contribution in [0.5, 0.6) is 11.5 Å². The number of hydrogen-bond donors (Lipinski definition) is 3. The van der Waals surface area contributed by atoms with E-state index in [0.717, 1.165) is 23.3 Å². The second-order valence-electron chi connectivity index (χ2n) is 6.80. The van der Waals surface area contributed by atoms with Crippen molar-refractivity contribution in [3.63, 3.8) is 0 Å². The Balaban J connectivity index is 1.90. The van der Waals surface area contributed by atoms with Gasteiger partial charge in [-0.15, -0.1) is 0 Å². The fourth-order valence-corrected chi connectivity index (χ4v) is 2.91. The van der Waals surface area contributed by atoms with E-state index in [1.54, 1.807) is 12.1 Å². The predicted octanol–water partition coefficient (Wildman–Crippen LogP) is 4.85. The maximum atomic E-state index is 13.1. The summed E-state index contributed by atoms with van der Waals surface area (Å²) in [6.07, 6.45) is -5.03. The molecule has 0 aliphatic carbocycles. The number of benzene rings is 3. The highest BCUT2D eigenvalue weighted by Gasteiger charge is 2.31. The van der Waals surface area contributed by atoms with E-state index in [1.165, 1.54) is 6.07 Å². The highest BCUT2D eigenvalue weighted by Crippen LogP contribution is 2.37. The number of halogens is 3. The molecule has 3 aromatic carbocycles. The molecule has 0 aromatic heterocycles. The summed E-state index contributed by atoms with van der Waals surface area (Å²) in [5.74, 6) is 0.709. The van der Waals surface area contributed by atoms with Gasteiger partial charge in [-0.1, -0.05) is 48.5 Å². The molecule has 1 atom stereocenters. The van der Waals surface area contributed by atoms with Crippen LogP contribution in [0.25, 0.3) is 0 Å². The van der Waals surface area contributed by atoms with Gasteiger partial charge < -0.3 is 20.3 Å². The first-order valence-electron chi connectivity index (χ1n) is 9.40. The molecular weight excluding hydrogens is 395 g/mol. The number of nitrogens with one attached hydrogen (secondary N) is 1. The molecule has 0 heterocycles. The summed E-state index contributed by atoms with van der Waals surface area (Å²) >= 11 is 0. The van der Waals surface area contributed by atoms with Crippen LogP contribution < -0.4 is 10.1 Å². The molecule has 0 amide bonds. The molecule has 0 radical (unpaired) electrons. The first kappa shape index (κ1) is 21.7. The molecule has 0 fully saturated rings. The molecule has 3 N–H and O–H groups in total. The van der Waals surface area contributed by atoms with Gasteiger partial charge >= 0.3 is 6.18 Å². The minimum Gasteiger partial charge on any atom is -0.455 e. The number of aliphatic hydroxyl groups is 2. The number of hydrogen-bond acceptors (Lipinski definition) is 4. The molecule has 0 spiro atoms. The van der Waals surface area contributed by atoms with Crippen LogP contribution in [0.15, 0.2) is 72.8 Å². The fraction of sp³-hybridized carbons (Fsp3) is 0.217. The fourth-order valence-electron chi connectivity index (χ4n) is 2.91. The molecule has 3 rings (SSSR count). The highest BCUT2D eigenvalue weighted by molar-refractivity contribution is 5.60. The minimum absolute atomic E-state index is 0.0758. The lowest BCUT2D eigenvalue weighted by Crippen LogP contribution is -2.23. The standard InChI is InChI=1S/C23H22F3NO3/c24-23(25,26)18-10-11-22(20(13-18)27-14-19(29)15-28)30-21-9-5-4-8-17(21)12-16-6-2-1-3-7-16/h1-11,13,19,27-29H,12,14-15H2. The van der Waals surface area contributed by atoms with E-state index in [-0.39, 0.29) is 18.0 Å². The number of ether oxygens (including phenoxy) is 1. The average molecular weight is 417 g/mol. The number of para-hydroxylation sites is 1. The van der Waals surface area contributed by atoms with Crippen LogP contribution in [-0.4, -0.2) is 29.5 Å². The van der Waals surface area contributed by atoms with Gasteiger partial charge in [0, 0.05) is 13.0 Å². The summed E-state index contributed by atoms with van der Waals surface area (Å²) in [6, 6.07) is 20.2. The zero-order chi connectivity index (χ0) is 21.6. The molecule has 0 aliphatic rings. The van der Waals surface area contributed by atoms with E-state index >= 15 is 0 Å². The summed E-state index contributed by atoms with van der Waals surface area (Å²) in [7, 11) is 0. The largest absolute Gasteiger partial charge is 0.455 e. The van der Waals surface area contributed by atoms with Crippen molar-refractivity contribution in [1.29, 1.82) is 0 Å². The van der Waals surface area contributed by atoms with Crippen LogP contribution in [-0.2, 0) is 12.6 Å². The molecule has 0 aliphatic heterocycles. The van der Waals surface area contributed by atoms with Gasteiger partial charge in [0.2, 0.25) is 0 Å². The Hall–Kier alpha value is -3.03. The third-order valence-electron chi connectivity index (χ3n) is 4.48. The van der Waals surface area contributed by atoms with Crippen molar-refractivity contribution in [1.82, 2.24) is 0 Å². The van der Waals surface area contributed by atoms with Crippen molar-refractivity contribution in [2.75, 3.05) is 18.5 Å². The van der Waals surface area contributed by atoms with Gasteiger partial charge in [-0.05, 0) is 35.4 Å².